The Bertz CT molecular complexity index is 294. The van der Waals surface area contributed by atoms with Crippen LogP contribution in [0.1, 0.15) is 20.3 Å². The van der Waals surface area contributed by atoms with Gasteiger partial charge in [-0.15, -0.1) is 0 Å². The van der Waals surface area contributed by atoms with Gasteiger partial charge >= 0.3 is 0 Å². The van der Waals surface area contributed by atoms with Gasteiger partial charge < -0.3 is 10.3 Å². The zero-order valence-corrected chi connectivity index (χ0v) is 7.29. The lowest BCUT2D eigenvalue weighted by Gasteiger charge is -2.10. The SMILES string of the molecule is CCC(C)Nc1cc(=O)[nH]cn1. The van der Waals surface area contributed by atoms with Gasteiger partial charge in [-0.3, -0.25) is 4.79 Å². The van der Waals surface area contributed by atoms with Crippen LogP contribution in [0.5, 0.6) is 0 Å². The van der Waals surface area contributed by atoms with E-state index < -0.39 is 0 Å². The molecule has 0 amide bonds. The molecule has 1 unspecified atom stereocenters. The van der Waals surface area contributed by atoms with Gasteiger partial charge in [0.1, 0.15) is 5.82 Å². The molecule has 1 rings (SSSR count). The number of anilines is 1. The fraction of sp³-hybridized carbons (Fsp3) is 0.500. The smallest absolute Gasteiger partial charge is 0.252 e. The van der Waals surface area contributed by atoms with Gasteiger partial charge in [-0.1, -0.05) is 6.92 Å². The minimum absolute atomic E-state index is 0.129. The predicted molar refractivity (Wildman–Crippen MR) is 48.2 cm³/mol. The average Bonchev–Trinajstić information content (AvgIpc) is 2.04. The van der Waals surface area contributed by atoms with Gasteiger partial charge in [-0.25, -0.2) is 4.98 Å². The number of nitrogens with one attached hydrogen (secondary N) is 2. The van der Waals surface area contributed by atoms with E-state index in [9.17, 15) is 4.79 Å². The van der Waals surface area contributed by atoms with E-state index in [0.29, 0.717) is 11.9 Å². The molecule has 12 heavy (non-hydrogen) atoms. The van der Waals surface area contributed by atoms with Gasteiger partial charge in [0, 0.05) is 12.1 Å². The summed E-state index contributed by atoms with van der Waals surface area (Å²) in [6.07, 6.45) is 2.40. The Morgan fingerprint density at radius 2 is 2.50 bits per heavy atom. The van der Waals surface area contributed by atoms with Crippen molar-refractivity contribution in [3.63, 3.8) is 0 Å². The Kier molecular flexibility index (Phi) is 2.85. The third-order valence-electron chi connectivity index (χ3n) is 1.68. The first-order valence-electron chi connectivity index (χ1n) is 4.03. The molecule has 0 fully saturated rings. The highest BCUT2D eigenvalue weighted by Gasteiger charge is 1.98. The standard InChI is InChI=1S/C8H13N3O/c1-3-6(2)11-7-4-8(12)10-5-9-7/h4-6H,3H2,1-2H3,(H2,9,10,11,12). The molecule has 0 radical (unpaired) electrons. The molecule has 4 nitrogen and oxygen atoms in total. The zero-order valence-electron chi connectivity index (χ0n) is 7.29. The molecule has 1 aromatic rings. The Balaban J connectivity index is 2.69. The van der Waals surface area contributed by atoms with Crippen molar-refractivity contribution in [3.8, 4) is 0 Å². The highest BCUT2D eigenvalue weighted by atomic mass is 16.1. The van der Waals surface area contributed by atoms with Crippen molar-refractivity contribution in [2.45, 2.75) is 26.3 Å². The fourth-order valence-electron chi connectivity index (χ4n) is 0.802. The molecule has 1 atom stereocenters. The van der Waals surface area contributed by atoms with Crippen LogP contribution < -0.4 is 10.9 Å². The Labute approximate surface area is 71.0 Å². The number of hydrogen-bond donors (Lipinski definition) is 2. The number of aromatic nitrogens is 2. The lowest BCUT2D eigenvalue weighted by molar-refractivity contribution is 0.758. The molecule has 1 heterocycles. The molecule has 0 bridgehead atoms. The number of aromatic amines is 1. The molecule has 0 spiro atoms. The highest BCUT2D eigenvalue weighted by Crippen LogP contribution is 2.00. The van der Waals surface area contributed by atoms with Crippen molar-refractivity contribution in [3.05, 3.63) is 22.7 Å². The first-order chi connectivity index (χ1) is 5.72. The number of hydrogen-bond acceptors (Lipinski definition) is 3. The van der Waals surface area contributed by atoms with E-state index in [1.165, 1.54) is 12.4 Å². The molecule has 0 aromatic carbocycles. The normalized spacial score (nSPS) is 12.5. The van der Waals surface area contributed by atoms with E-state index >= 15 is 0 Å². The van der Waals surface area contributed by atoms with Crippen LogP contribution in [0.3, 0.4) is 0 Å². The molecule has 0 saturated heterocycles. The van der Waals surface area contributed by atoms with Gasteiger partial charge in [0.2, 0.25) is 0 Å². The maximum atomic E-state index is 10.8. The van der Waals surface area contributed by atoms with Crippen molar-refractivity contribution < 1.29 is 0 Å². The summed E-state index contributed by atoms with van der Waals surface area (Å²) in [6, 6.07) is 1.80. The topological polar surface area (TPSA) is 57.8 Å². The quantitative estimate of drug-likeness (QED) is 0.705. The van der Waals surface area contributed by atoms with E-state index in [-0.39, 0.29) is 5.56 Å². The van der Waals surface area contributed by atoms with E-state index in [1.54, 1.807) is 0 Å². The third-order valence-corrected chi connectivity index (χ3v) is 1.68. The van der Waals surface area contributed by atoms with Gasteiger partial charge in [0.15, 0.2) is 0 Å². The molecule has 0 saturated carbocycles. The van der Waals surface area contributed by atoms with Crippen molar-refractivity contribution >= 4 is 5.82 Å². The summed E-state index contributed by atoms with van der Waals surface area (Å²) in [5, 5.41) is 3.10. The van der Waals surface area contributed by atoms with Crippen LogP contribution in [-0.4, -0.2) is 16.0 Å². The van der Waals surface area contributed by atoms with Crippen LogP contribution in [0.4, 0.5) is 5.82 Å². The molecular weight excluding hydrogens is 154 g/mol. The number of rotatable bonds is 3. The number of H-pyrrole nitrogens is 1. The molecule has 0 aliphatic carbocycles. The predicted octanol–water partition coefficient (Wildman–Crippen LogP) is 0.980. The summed E-state index contributed by atoms with van der Waals surface area (Å²) < 4.78 is 0. The Hall–Kier alpha value is -1.32. The van der Waals surface area contributed by atoms with Crippen LogP contribution in [0.25, 0.3) is 0 Å². The lowest BCUT2D eigenvalue weighted by Crippen LogP contribution is -2.16. The molecule has 1 aromatic heterocycles. The van der Waals surface area contributed by atoms with Crippen LogP contribution in [0.2, 0.25) is 0 Å². The van der Waals surface area contributed by atoms with E-state index in [1.807, 2.05) is 6.92 Å². The lowest BCUT2D eigenvalue weighted by atomic mass is 10.2. The molecule has 4 heteroatoms. The minimum atomic E-state index is -0.129. The monoisotopic (exact) mass is 167 g/mol. The van der Waals surface area contributed by atoms with Crippen LogP contribution in [0.15, 0.2) is 17.2 Å². The summed E-state index contributed by atoms with van der Waals surface area (Å²) in [4.78, 5) is 17.2. The maximum Gasteiger partial charge on any atom is 0.252 e. The second-order valence-corrected chi connectivity index (χ2v) is 2.75. The fourth-order valence-corrected chi connectivity index (χ4v) is 0.802. The van der Waals surface area contributed by atoms with Crippen LogP contribution >= 0.6 is 0 Å². The summed E-state index contributed by atoms with van der Waals surface area (Å²) in [7, 11) is 0. The van der Waals surface area contributed by atoms with Crippen molar-refractivity contribution in [2.24, 2.45) is 0 Å². The second-order valence-electron chi connectivity index (χ2n) is 2.75. The van der Waals surface area contributed by atoms with Gasteiger partial charge in [0.05, 0.1) is 6.33 Å². The maximum absolute atomic E-state index is 10.8. The van der Waals surface area contributed by atoms with Crippen LogP contribution in [-0.2, 0) is 0 Å². The molecular formula is C8H13N3O. The zero-order chi connectivity index (χ0) is 8.97. The van der Waals surface area contributed by atoms with Crippen molar-refractivity contribution in [1.82, 2.24) is 9.97 Å². The molecule has 0 aliphatic rings. The number of nitrogens with zero attached hydrogens (tertiary/aromatic N) is 1. The first kappa shape index (κ1) is 8.77. The van der Waals surface area contributed by atoms with Crippen molar-refractivity contribution in [2.75, 3.05) is 5.32 Å². The van der Waals surface area contributed by atoms with Gasteiger partial charge in [0.25, 0.3) is 5.56 Å². The largest absolute Gasteiger partial charge is 0.367 e. The molecule has 2 N–H and O–H groups in total. The van der Waals surface area contributed by atoms with Gasteiger partial charge in [-0.2, -0.15) is 0 Å². The van der Waals surface area contributed by atoms with Gasteiger partial charge in [-0.05, 0) is 13.3 Å². The highest BCUT2D eigenvalue weighted by molar-refractivity contribution is 5.32. The Morgan fingerprint density at radius 3 is 3.08 bits per heavy atom. The van der Waals surface area contributed by atoms with Crippen molar-refractivity contribution in [1.29, 1.82) is 0 Å². The summed E-state index contributed by atoms with van der Waals surface area (Å²) >= 11 is 0. The summed E-state index contributed by atoms with van der Waals surface area (Å²) in [6.45, 7) is 4.12. The minimum Gasteiger partial charge on any atom is -0.367 e. The average molecular weight is 167 g/mol. The van der Waals surface area contributed by atoms with E-state index in [0.717, 1.165) is 6.42 Å². The van der Waals surface area contributed by atoms with E-state index in [2.05, 4.69) is 22.2 Å². The summed E-state index contributed by atoms with van der Waals surface area (Å²) in [5.74, 6) is 0.633. The van der Waals surface area contributed by atoms with E-state index in [4.69, 9.17) is 0 Å². The first-order valence-corrected chi connectivity index (χ1v) is 4.03. The summed E-state index contributed by atoms with van der Waals surface area (Å²) in [5.41, 5.74) is -0.129. The third kappa shape index (κ3) is 2.38. The second kappa shape index (κ2) is 3.90. The molecule has 66 valence electrons. The van der Waals surface area contributed by atoms with Crippen LogP contribution in [0, 0.1) is 0 Å². The molecule has 0 aliphatic heterocycles. The Morgan fingerprint density at radius 1 is 1.75 bits per heavy atom.